The Morgan fingerprint density at radius 1 is 1.24 bits per heavy atom. The average molecular weight is 376 g/mol. The topological polar surface area (TPSA) is 24.9 Å². The van der Waals surface area contributed by atoms with Gasteiger partial charge in [-0.05, 0) is 52.7 Å². The molecule has 1 heterocycles. The Labute approximate surface area is 122 Å². The van der Waals surface area contributed by atoms with E-state index in [4.69, 9.17) is 11.6 Å². The first-order chi connectivity index (χ1) is 8.06. The Morgan fingerprint density at radius 2 is 2.00 bits per heavy atom. The minimum absolute atomic E-state index is 0.647. The van der Waals surface area contributed by atoms with Gasteiger partial charge < -0.3 is 5.32 Å². The van der Waals surface area contributed by atoms with Gasteiger partial charge in [0.25, 0.3) is 0 Å². The first kappa shape index (κ1) is 12.9. The third kappa shape index (κ3) is 3.21. The van der Waals surface area contributed by atoms with Gasteiger partial charge in [-0.15, -0.1) is 0 Å². The minimum Gasteiger partial charge on any atom is -0.338 e. The molecule has 0 bridgehead atoms. The van der Waals surface area contributed by atoms with Gasteiger partial charge in [0.2, 0.25) is 0 Å². The highest BCUT2D eigenvalue weighted by Gasteiger charge is 2.05. The summed E-state index contributed by atoms with van der Waals surface area (Å²) < 4.78 is 1.86. The summed E-state index contributed by atoms with van der Waals surface area (Å²) in [6.07, 6.45) is 1.81. The molecule has 0 fully saturated rings. The molecule has 17 heavy (non-hydrogen) atoms. The summed E-state index contributed by atoms with van der Waals surface area (Å²) in [4.78, 5) is 4.31. The number of aryl methyl sites for hydroxylation is 1. The Hall–Kier alpha value is -0.580. The van der Waals surface area contributed by atoms with Crippen LogP contribution in [0.1, 0.15) is 5.56 Å². The van der Waals surface area contributed by atoms with Crippen LogP contribution in [0.5, 0.6) is 0 Å². The van der Waals surface area contributed by atoms with Crippen molar-refractivity contribution < 1.29 is 0 Å². The first-order valence-corrected chi connectivity index (χ1v) is 6.87. The Balaban J connectivity index is 2.31. The van der Waals surface area contributed by atoms with Crippen LogP contribution in [0.15, 0.2) is 39.4 Å². The highest BCUT2D eigenvalue weighted by atomic mass is 79.9. The van der Waals surface area contributed by atoms with Crippen LogP contribution in [0, 0.1) is 6.92 Å². The summed E-state index contributed by atoms with van der Waals surface area (Å²) in [5.74, 6) is 0.750. The standard InChI is InChI=1S/C12H9Br2ClN2/c1-7-4-9(14)12(16-6-7)17-11-3-2-8(13)5-10(11)15/h2-6H,1H3,(H,16,17). The van der Waals surface area contributed by atoms with E-state index in [0.29, 0.717) is 5.02 Å². The predicted octanol–water partition coefficient (Wildman–Crippen LogP) is 5.31. The number of aromatic nitrogens is 1. The molecule has 5 heteroatoms. The van der Waals surface area contributed by atoms with Gasteiger partial charge in [0.15, 0.2) is 0 Å². The van der Waals surface area contributed by atoms with Crippen molar-refractivity contribution in [2.75, 3.05) is 5.32 Å². The van der Waals surface area contributed by atoms with Crippen LogP contribution in [-0.2, 0) is 0 Å². The first-order valence-electron chi connectivity index (χ1n) is 4.90. The van der Waals surface area contributed by atoms with Crippen molar-refractivity contribution in [2.24, 2.45) is 0 Å². The predicted molar refractivity (Wildman–Crippen MR) is 79.1 cm³/mol. The lowest BCUT2D eigenvalue weighted by atomic mass is 10.3. The molecule has 0 spiro atoms. The normalized spacial score (nSPS) is 10.4. The number of anilines is 2. The lowest BCUT2D eigenvalue weighted by molar-refractivity contribution is 1.24. The Bertz CT molecular complexity index is 509. The second kappa shape index (κ2) is 5.38. The molecule has 2 aromatic rings. The highest BCUT2D eigenvalue weighted by Crippen LogP contribution is 2.30. The number of hydrogen-bond acceptors (Lipinski definition) is 2. The second-order valence-electron chi connectivity index (χ2n) is 3.59. The van der Waals surface area contributed by atoms with Crippen molar-refractivity contribution in [3.8, 4) is 0 Å². The molecule has 0 saturated heterocycles. The highest BCUT2D eigenvalue weighted by molar-refractivity contribution is 9.10. The fourth-order valence-electron chi connectivity index (χ4n) is 1.34. The molecule has 1 N–H and O–H groups in total. The zero-order chi connectivity index (χ0) is 12.4. The fraction of sp³-hybridized carbons (Fsp3) is 0.0833. The summed E-state index contributed by atoms with van der Waals surface area (Å²) in [6.45, 7) is 1.99. The van der Waals surface area contributed by atoms with E-state index in [9.17, 15) is 0 Å². The van der Waals surface area contributed by atoms with Gasteiger partial charge in [-0.3, -0.25) is 0 Å². The largest absolute Gasteiger partial charge is 0.338 e. The molecular formula is C12H9Br2ClN2. The van der Waals surface area contributed by atoms with Gasteiger partial charge >= 0.3 is 0 Å². The molecule has 1 aromatic carbocycles. The van der Waals surface area contributed by atoms with E-state index in [2.05, 4.69) is 42.2 Å². The van der Waals surface area contributed by atoms with Gasteiger partial charge in [0.05, 0.1) is 15.2 Å². The summed E-state index contributed by atoms with van der Waals surface area (Å²) in [5, 5.41) is 3.83. The number of nitrogens with zero attached hydrogens (tertiary/aromatic N) is 1. The van der Waals surface area contributed by atoms with Crippen LogP contribution >= 0.6 is 43.5 Å². The van der Waals surface area contributed by atoms with E-state index >= 15 is 0 Å². The van der Waals surface area contributed by atoms with Crippen LogP contribution in [0.3, 0.4) is 0 Å². The van der Waals surface area contributed by atoms with Gasteiger partial charge in [-0.2, -0.15) is 0 Å². The SMILES string of the molecule is Cc1cnc(Nc2ccc(Br)cc2Cl)c(Br)c1. The maximum Gasteiger partial charge on any atom is 0.144 e. The summed E-state index contributed by atoms with van der Waals surface area (Å²) in [6, 6.07) is 7.67. The zero-order valence-electron chi connectivity index (χ0n) is 8.97. The van der Waals surface area contributed by atoms with E-state index in [1.807, 2.05) is 31.2 Å². The number of hydrogen-bond donors (Lipinski definition) is 1. The maximum atomic E-state index is 6.13. The van der Waals surface area contributed by atoms with E-state index in [0.717, 1.165) is 26.0 Å². The summed E-state index contributed by atoms with van der Waals surface area (Å²) >= 11 is 13.0. The monoisotopic (exact) mass is 374 g/mol. The quantitative estimate of drug-likeness (QED) is 0.768. The summed E-state index contributed by atoms with van der Waals surface area (Å²) in [5.41, 5.74) is 1.93. The molecular weight excluding hydrogens is 367 g/mol. The molecule has 1 aromatic heterocycles. The van der Waals surface area contributed by atoms with Crippen molar-refractivity contribution in [2.45, 2.75) is 6.92 Å². The van der Waals surface area contributed by atoms with Crippen LogP contribution in [0.25, 0.3) is 0 Å². The molecule has 0 aliphatic heterocycles. The maximum absolute atomic E-state index is 6.13. The fourth-order valence-corrected chi connectivity index (χ4v) is 2.63. The molecule has 0 aliphatic rings. The third-order valence-corrected chi connectivity index (χ3v) is 3.57. The molecule has 0 atom stereocenters. The van der Waals surface area contributed by atoms with Crippen LogP contribution in [0.4, 0.5) is 11.5 Å². The third-order valence-electron chi connectivity index (χ3n) is 2.16. The number of rotatable bonds is 2. The zero-order valence-corrected chi connectivity index (χ0v) is 12.9. The molecule has 88 valence electrons. The van der Waals surface area contributed by atoms with Gasteiger partial charge in [-0.25, -0.2) is 4.98 Å². The van der Waals surface area contributed by atoms with Crippen molar-refractivity contribution in [3.63, 3.8) is 0 Å². The molecule has 0 aliphatic carbocycles. The minimum atomic E-state index is 0.647. The van der Waals surface area contributed by atoms with E-state index in [-0.39, 0.29) is 0 Å². The number of benzene rings is 1. The van der Waals surface area contributed by atoms with Crippen molar-refractivity contribution >= 4 is 55.0 Å². The number of halogens is 3. The number of pyridine rings is 1. The van der Waals surface area contributed by atoms with Crippen molar-refractivity contribution in [1.29, 1.82) is 0 Å². The van der Waals surface area contributed by atoms with Gasteiger partial charge in [0, 0.05) is 10.7 Å². The smallest absolute Gasteiger partial charge is 0.144 e. The van der Waals surface area contributed by atoms with E-state index in [1.165, 1.54) is 0 Å². The molecule has 0 radical (unpaired) electrons. The molecule has 0 unspecified atom stereocenters. The van der Waals surface area contributed by atoms with Crippen molar-refractivity contribution in [1.82, 2.24) is 4.98 Å². The average Bonchev–Trinajstić information content (AvgIpc) is 2.25. The molecule has 0 amide bonds. The Morgan fingerprint density at radius 3 is 2.65 bits per heavy atom. The molecule has 2 rings (SSSR count). The second-order valence-corrected chi connectivity index (χ2v) is 5.77. The summed E-state index contributed by atoms with van der Waals surface area (Å²) in [7, 11) is 0. The van der Waals surface area contributed by atoms with E-state index in [1.54, 1.807) is 6.20 Å². The van der Waals surface area contributed by atoms with Crippen molar-refractivity contribution in [3.05, 3.63) is 50.0 Å². The van der Waals surface area contributed by atoms with Crippen LogP contribution in [-0.4, -0.2) is 4.98 Å². The lowest BCUT2D eigenvalue weighted by Crippen LogP contribution is -1.95. The lowest BCUT2D eigenvalue weighted by Gasteiger charge is -2.09. The number of nitrogens with one attached hydrogen (secondary N) is 1. The molecule has 0 saturated carbocycles. The van der Waals surface area contributed by atoms with Gasteiger partial charge in [-0.1, -0.05) is 27.5 Å². The van der Waals surface area contributed by atoms with Gasteiger partial charge in [0.1, 0.15) is 5.82 Å². The van der Waals surface area contributed by atoms with Crippen LogP contribution in [0.2, 0.25) is 5.02 Å². The van der Waals surface area contributed by atoms with E-state index < -0.39 is 0 Å². The Kier molecular flexibility index (Phi) is 4.07. The molecule has 2 nitrogen and oxygen atoms in total. The van der Waals surface area contributed by atoms with Crippen LogP contribution < -0.4 is 5.32 Å².